The second kappa shape index (κ2) is 6.39. The maximum Gasteiger partial charge on any atom is 0.335 e. The number of benzene rings is 2. The van der Waals surface area contributed by atoms with Gasteiger partial charge < -0.3 is 15.3 Å². The van der Waals surface area contributed by atoms with Crippen LogP contribution in [0.1, 0.15) is 39.6 Å². The number of nitrogens with zero attached hydrogens (tertiary/aromatic N) is 2. The molecule has 0 saturated carbocycles. The smallest absolute Gasteiger partial charge is 0.335 e. The molecule has 0 bridgehead atoms. The lowest BCUT2D eigenvalue weighted by atomic mass is 9.99. The fourth-order valence-electron chi connectivity index (χ4n) is 2.98. The van der Waals surface area contributed by atoms with Gasteiger partial charge >= 0.3 is 5.97 Å². The van der Waals surface area contributed by atoms with E-state index in [9.17, 15) is 4.79 Å². The van der Waals surface area contributed by atoms with Crippen LogP contribution in [0.4, 0.5) is 0 Å². The summed E-state index contributed by atoms with van der Waals surface area (Å²) in [6, 6.07) is 14.8. The monoisotopic (exact) mass is 335 g/mol. The van der Waals surface area contributed by atoms with Gasteiger partial charge in [-0.25, -0.2) is 4.79 Å². The number of carboxylic acids is 1. The Morgan fingerprint density at radius 2 is 1.80 bits per heavy atom. The predicted molar refractivity (Wildman–Crippen MR) is 94.2 cm³/mol. The highest BCUT2D eigenvalue weighted by Crippen LogP contribution is 2.29. The van der Waals surface area contributed by atoms with Crippen molar-refractivity contribution in [1.29, 1.82) is 0 Å². The molecule has 0 spiro atoms. The highest BCUT2D eigenvalue weighted by atomic mass is 16.6. The van der Waals surface area contributed by atoms with Crippen molar-refractivity contribution in [3.63, 3.8) is 0 Å². The summed E-state index contributed by atoms with van der Waals surface area (Å²) in [5, 5.41) is 16.4. The summed E-state index contributed by atoms with van der Waals surface area (Å²) in [4.78, 5) is 20.9. The SMILES string of the molecule is O=C(O)c1ccc(C2CC(c3ccc(C4=NCCN4)cc3)=NO2)cc1. The Morgan fingerprint density at radius 1 is 1.08 bits per heavy atom. The van der Waals surface area contributed by atoms with Crippen LogP contribution < -0.4 is 5.32 Å². The second-order valence-corrected chi connectivity index (χ2v) is 6.00. The van der Waals surface area contributed by atoms with Gasteiger partial charge in [-0.2, -0.15) is 0 Å². The third-order valence-electron chi connectivity index (χ3n) is 4.36. The molecule has 1 atom stereocenters. The lowest BCUT2D eigenvalue weighted by Gasteiger charge is -2.08. The maximum absolute atomic E-state index is 10.9. The number of carbonyl (C=O) groups is 1. The molecular formula is C19H17N3O3. The Morgan fingerprint density at radius 3 is 2.44 bits per heavy atom. The van der Waals surface area contributed by atoms with Gasteiger partial charge in [-0.3, -0.25) is 4.99 Å². The Labute approximate surface area is 144 Å². The molecule has 0 amide bonds. The average Bonchev–Trinajstić information content (AvgIpc) is 3.34. The van der Waals surface area contributed by atoms with Gasteiger partial charge in [-0.1, -0.05) is 41.6 Å². The number of amidine groups is 1. The third kappa shape index (κ3) is 3.10. The Balaban J connectivity index is 1.45. The number of oxime groups is 1. The molecule has 2 aromatic rings. The molecule has 0 saturated heterocycles. The molecule has 2 N–H and O–H groups in total. The molecule has 4 rings (SSSR count). The fraction of sp³-hybridized carbons (Fsp3) is 0.211. The first-order valence-electron chi connectivity index (χ1n) is 8.16. The summed E-state index contributed by atoms with van der Waals surface area (Å²) in [7, 11) is 0. The molecule has 0 radical (unpaired) electrons. The lowest BCUT2D eigenvalue weighted by molar-refractivity contribution is 0.0695. The van der Waals surface area contributed by atoms with Crippen LogP contribution in [0.25, 0.3) is 0 Å². The third-order valence-corrected chi connectivity index (χ3v) is 4.36. The zero-order chi connectivity index (χ0) is 17.2. The average molecular weight is 335 g/mol. The van der Waals surface area contributed by atoms with Crippen molar-refractivity contribution in [3.05, 3.63) is 70.8 Å². The molecule has 6 nitrogen and oxygen atoms in total. The molecule has 2 aliphatic rings. The molecular weight excluding hydrogens is 318 g/mol. The molecule has 1 unspecified atom stereocenters. The summed E-state index contributed by atoms with van der Waals surface area (Å²) in [5.41, 5.74) is 4.17. The summed E-state index contributed by atoms with van der Waals surface area (Å²) in [6.07, 6.45) is 0.476. The van der Waals surface area contributed by atoms with Crippen molar-refractivity contribution in [2.75, 3.05) is 13.1 Å². The van der Waals surface area contributed by atoms with Gasteiger partial charge in [-0.05, 0) is 23.3 Å². The van der Waals surface area contributed by atoms with Crippen molar-refractivity contribution in [3.8, 4) is 0 Å². The highest BCUT2D eigenvalue weighted by molar-refractivity contribution is 6.03. The predicted octanol–water partition coefficient (Wildman–Crippen LogP) is 2.60. The van der Waals surface area contributed by atoms with E-state index in [0.717, 1.165) is 41.3 Å². The van der Waals surface area contributed by atoms with E-state index < -0.39 is 5.97 Å². The Hall–Kier alpha value is -3.15. The van der Waals surface area contributed by atoms with Crippen molar-refractivity contribution in [2.45, 2.75) is 12.5 Å². The van der Waals surface area contributed by atoms with E-state index in [0.29, 0.717) is 6.42 Å². The van der Waals surface area contributed by atoms with E-state index in [1.54, 1.807) is 24.3 Å². The maximum atomic E-state index is 10.9. The van der Waals surface area contributed by atoms with Gasteiger partial charge in [0.05, 0.1) is 17.8 Å². The summed E-state index contributed by atoms with van der Waals surface area (Å²) < 4.78 is 0. The molecule has 0 aliphatic carbocycles. The number of hydrogen-bond acceptors (Lipinski definition) is 5. The number of carboxylic acid groups (broad SMARTS) is 1. The topological polar surface area (TPSA) is 83.3 Å². The zero-order valence-corrected chi connectivity index (χ0v) is 13.5. The number of aliphatic imine (C=N–C) groups is 1. The second-order valence-electron chi connectivity index (χ2n) is 6.00. The van der Waals surface area contributed by atoms with Crippen LogP contribution in [0.2, 0.25) is 0 Å². The molecule has 2 aromatic carbocycles. The molecule has 6 heteroatoms. The number of hydrogen-bond donors (Lipinski definition) is 2. The standard InChI is InChI=1S/C19H17N3O3/c23-19(24)15-7-3-13(4-8-15)17-11-16(22-25-17)12-1-5-14(6-2-12)18-20-9-10-21-18/h1-8,17H,9-11H2,(H,20,21)(H,23,24). The lowest BCUT2D eigenvalue weighted by Crippen LogP contribution is -2.19. The van der Waals surface area contributed by atoms with E-state index in [-0.39, 0.29) is 11.7 Å². The summed E-state index contributed by atoms with van der Waals surface area (Å²) in [5.74, 6) is 0.00448. The molecule has 0 fully saturated rings. The van der Waals surface area contributed by atoms with E-state index in [1.807, 2.05) is 24.3 Å². The minimum atomic E-state index is -0.933. The van der Waals surface area contributed by atoms with Gasteiger partial charge in [0, 0.05) is 18.5 Å². The van der Waals surface area contributed by atoms with E-state index >= 15 is 0 Å². The van der Waals surface area contributed by atoms with Crippen molar-refractivity contribution >= 4 is 17.5 Å². The zero-order valence-electron chi connectivity index (χ0n) is 13.5. The molecule has 0 aromatic heterocycles. The van der Waals surface area contributed by atoms with Crippen LogP contribution in [0.5, 0.6) is 0 Å². The van der Waals surface area contributed by atoms with Crippen LogP contribution in [0.3, 0.4) is 0 Å². The summed E-state index contributed by atoms with van der Waals surface area (Å²) in [6.45, 7) is 1.71. The molecule has 2 aliphatic heterocycles. The minimum Gasteiger partial charge on any atom is -0.478 e. The normalized spacial score (nSPS) is 19.0. The number of aromatic carboxylic acids is 1. The first-order valence-corrected chi connectivity index (χ1v) is 8.16. The van der Waals surface area contributed by atoms with Gasteiger partial charge in [-0.15, -0.1) is 0 Å². The van der Waals surface area contributed by atoms with Crippen LogP contribution in [-0.4, -0.2) is 35.7 Å². The summed E-state index contributed by atoms with van der Waals surface area (Å²) >= 11 is 0. The van der Waals surface area contributed by atoms with Crippen molar-refractivity contribution in [2.24, 2.45) is 10.1 Å². The minimum absolute atomic E-state index is 0.182. The van der Waals surface area contributed by atoms with Crippen molar-refractivity contribution in [1.82, 2.24) is 5.32 Å². The first-order chi connectivity index (χ1) is 12.2. The van der Waals surface area contributed by atoms with Gasteiger partial charge in [0.1, 0.15) is 5.84 Å². The van der Waals surface area contributed by atoms with Gasteiger partial charge in [0.25, 0.3) is 0 Å². The Kier molecular flexibility index (Phi) is 3.93. The van der Waals surface area contributed by atoms with E-state index in [1.165, 1.54) is 0 Å². The van der Waals surface area contributed by atoms with Crippen molar-refractivity contribution < 1.29 is 14.7 Å². The van der Waals surface area contributed by atoms with Gasteiger partial charge in [0.2, 0.25) is 0 Å². The fourth-order valence-corrected chi connectivity index (χ4v) is 2.98. The Bertz CT molecular complexity index is 854. The first kappa shape index (κ1) is 15.4. The number of rotatable bonds is 4. The number of nitrogens with one attached hydrogen (secondary N) is 1. The molecule has 2 heterocycles. The molecule has 25 heavy (non-hydrogen) atoms. The highest BCUT2D eigenvalue weighted by Gasteiger charge is 2.24. The van der Waals surface area contributed by atoms with E-state index in [2.05, 4.69) is 15.5 Å². The van der Waals surface area contributed by atoms with E-state index in [4.69, 9.17) is 9.94 Å². The van der Waals surface area contributed by atoms with Crippen LogP contribution in [0, 0.1) is 0 Å². The largest absolute Gasteiger partial charge is 0.478 e. The van der Waals surface area contributed by atoms with Crippen LogP contribution >= 0.6 is 0 Å². The van der Waals surface area contributed by atoms with Crippen LogP contribution in [0.15, 0.2) is 58.7 Å². The van der Waals surface area contributed by atoms with Gasteiger partial charge in [0.15, 0.2) is 6.10 Å². The molecule has 126 valence electrons. The van der Waals surface area contributed by atoms with Crippen LogP contribution in [-0.2, 0) is 4.84 Å². The quantitative estimate of drug-likeness (QED) is 0.899.